The normalized spacial score (nSPS) is 18.9. The molecule has 1 saturated heterocycles. The molecule has 1 aromatic rings. The fourth-order valence-electron chi connectivity index (χ4n) is 2.61. The van der Waals surface area contributed by atoms with Crippen LogP contribution < -0.4 is 4.90 Å². The van der Waals surface area contributed by atoms with E-state index in [9.17, 15) is 5.11 Å². The Morgan fingerprint density at radius 1 is 1.33 bits per heavy atom. The van der Waals surface area contributed by atoms with Gasteiger partial charge in [0.1, 0.15) is 0 Å². The number of hydrogen-bond donors (Lipinski definition) is 1. The standard InChI is InChI=1S/C15H23NO2/c1-3-15(17)13-6-4-5-7-14(13)16-10-8-12(18-2)9-11-16/h4-7,12,15,17H,3,8-11H2,1-2H3. The molecule has 18 heavy (non-hydrogen) atoms. The van der Waals surface area contributed by atoms with Gasteiger partial charge in [-0.2, -0.15) is 0 Å². The van der Waals surface area contributed by atoms with Crippen molar-refractivity contribution in [3.63, 3.8) is 0 Å². The molecule has 1 aromatic carbocycles. The largest absolute Gasteiger partial charge is 0.388 e. The number of nitrogens with zero attached hydrogens (tertiary/aromatic N) is 1. The maximum atomic E-state index is 10.1. The van der Waals surface area contributed by atoms with Gasteiger partial charge in [0.2, 0.25) is 0 Å². The van der Waals surface area contributed by atoms with Gasteiger partial charge in [-0.15, -0.1) is 0 Å². The van der Waals surface area contributed by atoms with E-state index in [0.717, 1.165) is 37.9 Å². The average Bonchev–Trinajstić information content (AvgIpc) is 2.46. The Bertz CT molecular complexity index is 373. The summed E-state index contributed by atoms with van der Waals surface area (Å²) >= 11 is 0. The summed E-state index contributed by atoms with van der Waals surface area (Å²) in [6.07, 6.45) is 2.91. The Labute approximate surface area is 109 Å². The lowest BCUT2D eigenvalue weighted by molar-refractivity contribution is 0.0817. The summed E-state index contributed by atoms with van der Waals surface area (Å²) in [5.41, 5.74) is 2.23. The number of benzene rings is 1. The molecule has 0 aliphatic carbocycles. The summed E-state index contributed by atoms with van der Waals surface area (Å²) in [6.45, 7) is 4.02. The summed E-state index contributed by atoms with van der Waals surface area (Å²) in [4.78, 5) is 2.36. The lowest BCUT2D eigenvalue weighted by atomic mass is 10.0. The Morgan fingerprint density at radius 2 is 2.00 bits per heavy atom. The van der Waals surface area contributed by atoms with Crippen LogP contribution >= 0.6 is 0 Å². The van der Waals surface area contributed by atoms with Crippen LogP contribution in [-0.4, -0.2) is 31.4 Å². The van der Waals surface area contributed by atoms with Crippen molar-refractivity contribution in [2.45, 2.75) is 38.4 Å². The van der Waals surface area contributed by atoms with Crippen LogP contribution in [0.25, 0.3) is 0 Å². The summed E-state index contributed by atoms with van der Waals surface area (Å²) in [5, 5.41) is 10.1. The third-order valence-corrected chi connectivity index (χ3v) is 3.80. The average molecular weight is 249 g/mol. The van der Waals surface area contributed by atoms with E-state index < -0.39 is 0 Å². The van der Waals surface area contributed by atoms with Crippen LogP contribution in [-0.2, 0) is 4.74 Å². The minimum Gasteiger partial charge on any atom is -0.388 e. The van der Waals surface area contributed by atoms with Gasteiger partial charge in [0.25, 0.3) is 0 Å². The summed E-state index contributed by atoms with van der Waals surface area (Å²) in [7, 11) is 1.79. The minimum absolute atomic E-state index is 0.360. The zero-order valence-electron chi connectivity index (χ0n) is 11.3. The van der Waals surface area contributed by atoms with Gasteiger partial charge < -0.3 is 14.7 Å². The van der Waals surface area contributed by atoms with E-state index in [4.69, 9.17) is 4.74 Å². The van der Waals surface area contributed by atoms with Crippen LogP contribution in [0.3, 0.4) is 0 Å². The predicted octanol–water partition coefficient (Wildman–Crippen LogP) is 2.75. The SMILES string of the molecule is CCC(O)c1ccccc1N1CCC(OC)CC1. The van der Waals surface area contributed by atoms with Crippen LogP contribution in [0.1, 0.15) is 37.9 Å². The van der Waals surface area contributed by atoms with Gasteiger partial charge in [-0.25, -0.2) is 0 Å². The van der Waals surface area contributed by atoms with Gasteiger partial charge in [0.15, 0.2) is 0 Å². The van der Waals surface area contributed by atoms with Gasteiger partial charge in [-0.1, -0.05) is 25.1 Å². The van der Waals surface area contributed by atoms with E-state index >= 15 is 0 Å². The first kappa shape index (κ1) is 13.4. The maximum absolute atomic E-state index is 10.1. The first-order valence-electron chi connectivity index (χ1n) is 6.81. The topological polar surface area (TPSA) is 32.7 Å². The number of methoxy groups -OCH3 is 1. The number of aliphatic hydroxyl groups excluding tert-OH is 1. The molecule has 1 fully saturated rings. The molecule has 1 N–H and O–H groups in total. The fraction of sp³-hybridized carbons (Fsp3) is 0.600. The molecule has 0 spiro atoms. The van der Waals surface area contributed by atoms with Gasteiger partial charge in [0.05, 0.1) is 12.2 Å². The Morgan fingerprint density at radius 3 is 2.61 bits per heavy atom. The second kappa shape index (κ2) is 6.21. The molecule has 0 saturated carbocycles. The van der Waals surface area contributed by atoms with Gasteiger partial charge >= 0.3 is 0 Å². The van der Waals surface area contributed by atoms with Crippen molar-refractivity contribution in [3.8, 4) is 0 Å². The quantitative estimate of drug-likeness (QED) is 0.890. The fourth-order valence-corrected chi connectivity index (χ4v) is 2.61. The van der Waals surface area contributed by atoms with Crippen molar-refractivity contribution in [2.24, 2.45) is 0 Å². The van der Waals surface area contributed by atoms with Gasteiger partial charge in [-0.05, 0) is 25.3 Å². The van der Waals surface area contributed by atoms with Crippen molar-refractivity contribution < 1.29 is 9.84 Å². The van der Waals surface area contributed by atoms with E-state index in [-0.39, 0.29) is 6.10 Å². The highest BCUT2D eigenvalue weighted by Crippen LogP contribution is 2.30. The van der Waals surface area contributed by atoms with Crippen molar-refractivity contribution in [1.29, 1.82) is 0 Å². The van der Waals surface area contributed by atoms with Crippen LogP contribution in [0.4, 0.5) is 5.69 Å². The lowest BCUT2D eigenvalue weighted by Gasteiger charge is -2.34. The number of anilines is 1. The monoisotopic (exact) mass is 249 g/mol. The van der Waals surface area contributed by atoms with Crippen LogP contribution in [0, 0.1) is 0 Å². The van der Waals surface area contributed by atoms with E-state index in [2.05, 4.69) is 11.0 Å². The molecule has 1 unspecified atom stereocenters. The van der Waals surface area contributed by atoms with Gasteiger partial charge in [0, 0.05) is 31.5 Å². The number of aliphatic hydroxyl groups is 1. The van der Waals surface area contributed by atoms with E-state index in [0.29, 0.717) is 6.10 Å². The molecule has 3 heteroatoms. The zero-order chi connectivity index (χ0) is 13.0. The molecule has 0 amide bonds. The maximum Gasteiger partial charge on any atom is 0.0807 e. The minimum atomic E-state index is -0.360. The zero-order valence-corrected chi connectivity index (χ0v) is 11.3. The Balaban J connectivity index is 2.13. The van der Waals surface area contributed by atoms with Crippen molar-refractivity contribution in [3.05, 3.63) is 29.8 Å². The number of para-hydroxylation sites is 1. The van der Waals surface area contributed by atoms with Crippen molar-refractivity contribution >= 4 is 5.69 Å². The highest BCUT2D eigenvalue weighted by atomic mass is 16.5. The molecule has 1 heterocycles. The van der Waals surface area contributed by atoms with E-state index in [1.807, 2.05) is 25.1 Å². The summed E-state index contributed by atoms with van der Waals surface area (Å²) in [5.74, 6) is 0. The number of rotatable bonds is 4. The molecular formula is C15H23NO2. The lowest BCUT2D eigenvalue weighted by Crippen LogP contribution is -2.37. The first-order chi connectivity index (χ1) is 8.76. The molecule has 100 valence electrons. The van der Waals surface area contributed by atoms with Crippen LogP contribution in [0.2, 0.25) is 0 Å². The Hall–Kier alpha value is -1.06. The number of piperidine rings is 1. The van der Waals surface area contributed by atoms with Crippen molar-refractivity contribution in [2.75, 3.05) is 25.1 Å². The van der Waals surface area contributed by atoms with E-state index in [1.165, 1.54) is 5.69 Å². The van der Waals surface area contributed by atoms with Crippen LogP contribution in [0.15, 0.2) is 24.3 Å². The third kappa shape index (κ3) is 2.85. The number of ether oxygens (including phenoxy) is 1. The Kier molecular flexibility index (Phi) is 4.61. The molecule has 0 aromatic heterocycles. The predicted molar refractivity (Wildman–Crippen MR) is 73.9 cm³/mol. The molecule has 1 aliphatic rings. The number of hydrogen-bond acceptors (Lipinski definition) is 3. The summed E-state index contributed by atoms with van der Waals surface area (Å²) in [6, 6.07) is 8.19. The highest BCUT2D eigenvalue weighted by Gasteiger charge is 2.21. The molecule has 0 radical (unpaired) electrons. The molecular weight excluding hydrogens is 226 g/mol. The highest BCUT2D eigenvalue weighted by molar-refractivity contribution is 5.55. The second-order valence-corrected chi connectivity index (χ2v) is 4.90. The molecule has 3 nitrogen and oxygen atoms in total. The van der Waals surface area contributed by atoms with E-state index in [1.54, 1.807) is 7.11 Å². The third-order valence-electron chi connectivity index (χ3n) is 3.80. The second-order valence-electron chi connectivity index (χ2n) is 4.90. The molecule has 0 bridgehead atoms. The van der Waals surface area contributed by atoms with Crippen molar-refractivity contribution in [1.82, 2.24) is 0 Å². The first-order valence-corrected chi connectivity index (χ1v) is 6.81. The summed E-state index contributed by atoms with van der Waals surface area (Å²) < 4.78 is 5.40. The molecule has 1 aliphatic heterocycles. The van der Waals surface area contributed by atoms with Gasteiger partial charge in [-0.3, -0.25) is 0 Å². The molecule has 2 rings (SSSR count). The molecule has 1 atom stereocenters. The smallest absolute Gasteiger partial charge is 0.0807 e. The van der Waals surface area contributed by atoms with Crippen LogP contribution in [0.5, 0.6) is 0 Å².